The van der Waals surface area contributed by atoms with Gasteiger partial charge in [-0.1, -0.05) is 12.1 Å². The first-order valence-electron chi connectivity index (χ1n) is 10.4. The normalized spacial score (nSPS) is 20.2. The molecule has 0 spiro atoms. The molecule has 2 N–H and O–H groups in total. The highest BCUT2D eigenvalue weighted by Gasteiger charge is 2.39. The summed E-state index contributed by atoms with van der Waals surface area (Å²) in [6, 6.07) is 8.75. The Balaban J connectivity index is 0.000000350. The van der Waals surface area contributed by atoms with E-state index in [1.807, 2.05) is 0 Å². The van der Waals surface area contributed by atoms with Crippen LogP contribution in [0.3, 0.4) is 0 Å². The number of likely N-dealkylation sites (N-methyl/N-ethyl adjacent to an activating group) is 1. The zero-order chi connectivity index (χ0) is 25.0. The van der Waals surface area contributed by atoms with E-state index in [9.17, 15) is 27.6 Å². The molecule has 182 valence electrons. The Labute approximate surface area is 192 Å². The van der Waals surface area contributed by atoms with Crippen LogP contribution in [0.15, 0.2) is 53.0 Å². The lowest BCUT2D eigenvalue weighted by atomic mass is 10.1. The molecule has 0 saturated carbocycles. The summed E-state index contributed by atoms with van der Waals surface area (Å²) in [5, 5.41) is 15.6. The van der Waals surface area contributed by atoms with Crippen LogP contribution >= 0.6 is 0 Å². The second-order valence-electron chi connectivity index (χ2n) is 8.01. The monoisotopic (exact) mass is 480 g/mol. The lowest BCUT2D eigenvalue weighted by molar-refractivity contribution is -0.137. The van der Waals surface area contributed by atoms with Gasteiger partial charge in [-0.3, -0.25) is 9.69 Å². The maximum atomic E-state index is 12.9. The Morgan fingerprint density at radius 1 is 1.00 bits per heavy atom. The van der Waals surface area contributed by atoms with E-state index in [2.05, 4.69) is 11.9 Å². The minimum atomic E-state index is -4.42. The number of carbonyl (C=O) groups excluding carboxylic acids is 1. The summed E-state index contributed by atoms with van der Waals surface area (Å²) in [5.74, 6) is -2.29. The number of likely N-dealkylation sites (tertiary alicyclic amines) is 1. The van der Waals surface area contributed by atoms with Gasteiger partial charge < -0.3 is 19.5 Å². The predicted octanol–water partition coefficient (Wildman–Crippen LogP) is 3.60. The average Bonchev–Trinajstić information content (AvgIpc) is 3.32. The molecule has 0 radical (unpaired) electrons. The van der Waals surface area contributed by atoms with Gasteiger partial charge in [0.2, 0.25) is 0 Å². The number of piperazine rings is 1. The Bertz CT molecular complexity index is 1060. The van der Waals surface area contributed by atoms with Crippen molar-refractivity contribution in [1.82, 2.24) is 9.80 Å². The molecule has 8 nitrogen and oxygen atoms in total. The topological polar surface area (TPSA) is 111 Å². The first kappa shape index (κ1) is 25.0. The van der Waals surface area contributed by atoms with Crippen molar-refractivity contribution in [3.8, 4) is 11.3 Å². The fourth-order valence-corrected chi connectivity index (χ4v) is 4.03. The predicted molar refractivity (Wildman–Crippen MR) is 114 cm³/mol. The number of fused-ring (bicyclic) bond motifs is 2. The summed E-state index contributed by atoms with van der Waals surface area (Å²) in [7, 11) is 2.09. The van der Waals surface area contributed by atoms with Gasteiger partial charge in [0, 0.05) is 42.9 Å². The second kappa shape index (κ2) is 10.1. The number of hydrogen-bond donors (Lipinski definition) is 2. The highest BCUT2D eigenvalue weighted by atomic mass is 19.4. The highest BCUT2D eigenvalue weighted by Crippen LogP contribution is 2.33. The summed E-state index contributed by atoms with van der Waals surface area (Å²) >= 11 is 0. The number of hydrogen-bond acceptors (Lipinski definition) is 5. The largest absolute Gasteiger partial charge is 0.478 e. The molecule has 1 aromatic heterocycles. The maximum Gasteiger partial charge on any atom is 0.416 e. The fraction of sp³-hybridized carbons (Fsp3) is 0.348. The zero-order valence-corrected chi connectivity index (χ0v) is 18.2. The number of carboxylic acids is 2. The number of halogens is 3. The summed E-state index contributed by atoms with van der Waals surface area (Å²) in [6.45, 7) is 1.32. The molecular formula is C23H23F3N2O6. The molecule has 2 atom stereocenters. The van der Waals surface area contributed by atoms with Crippen LogP contribution in [0, 0.1) is 0 Å². The van der Waals surface area contributed by atoms with Crippen LogP contribution in [-0.4, -0.2) is 70.1 Å². The summed E-state index contributed by atoms with van der Waals surface area (Å²) in [6.07, 6.45) is -1.14. The molecule has 1 amide bonds. The molecule has 3 heterocycles. The Morgan fingerprint density at radius 3 is 2.12 bits per heavy atom. The Morgan fingerprint density at radius 2 is 1.59 bits per heavy atom. The van der Waals surface area contributed by atoms with Crippen molar-refractivity contribution in [1.29, 1.82) is 0 Å². The summed E-state index contributed by atoms with van der Waals surface area (Å²) < 4.78 is 44.2. The molecule has 2 fully saturated rings. The van der Waals surface area contributed by atoms with Crippen LogP contribution in [0.2, 0.25) is 0 Å². The molecule has 2 unspecified atom stereocenters. The van der Waals surface area contributed by atoms with Crippen molar-refractivity contribution in [2.24, 2.45) is 0 Å². The Kier molecular flexibility index (Phi) is 7.45. The lowest BCUT2D eigenvalue weighted by Crippen LogP contribution is -2.53. The molecule has 2 aromatic rings. The van der Waals surface area contributed by atoms with Crippen molar-refractivity contribution >= 4 is 17.8 Å². The molecule has 11 heteroatoms. The Hall–Kier alpha value is -3.60. The van der Waals surface area contributed by atoms with E-state index in [4.69, 9.17) is 14.6 Å². The van der Waals surface area contributed by atoms with Gasteiger partial charge >= 0.3 is 18.1 Å². The molecule has 0 aliphatic carbocycles. The minimum absolute atomic E-state index is 0.168. The van der Waals surface area contributed by atoms with E-state index in [0.29, 0.717) is 42.9 Å². The number of furan rings is 1. The first-order chi connectivity index (χ1) is 16.0. The molecule has 2 aliphatic rings. The van der Waals surface area contributed by atoms with Gasteiger partial charge in [0.05, 0.1) is 5.56 Å². The van der Waals surface area contributed by atoms with Crippen LogP contribution in [0.4, 0.5) is 13.2 Å². The smallest absolute Gasteiger partial charge is 0.416 e. The van der Waals surface area contributed by atoms with Gasteiger partial charge in [0.25, 0.3) is 5.91 Å². The van der Waals surface area contributed by atoms with Crippen molar-refractivity contribution in [2.45, 2.75) is 31.1 Å². The number of rotatable bonds is 4. The van der Waals surface area contributed by atoms with Gasteiger partial charge in [-0.05, 0) is 44.2 Å². The van der Waals surface area contributed by atoms with Gasteiger partial charge in [-0.15, -0.1) is 0 Å². The van der Waals surface area contributed by atoms with Crippen molar-refractivity contribution in [3.05, 3.63) is 59.9 Å². The van der Waals surface area contributed by atoms with Crippen LogP contribution in [-0.2, 0) is 15.8 Å². The van der Waals surface area contributed by atoms with Crippen LogP contribution in [0.25, 0.3) is 11.3 Å². The number of amides is 1. The molecule has 2 bridgehead atoms. The standard InChI is InChI=1S/C19H19F3N2O2.C4H4O4/c1-23-14-5-6-15(23)11-24(10-14)18(25)17-8-7-16(26-17)12-3-2-4-13(9-12)19(20,21)22;5-3(6)1-2-4(7)8/h2-4,7-9,14-15H,5-6,10-11H2,1H3;1-2H,(H,5,6)(H,7,8)/b;2-1+. The van der Waals surface area contributed by atoms with Gasteiger partial charge in [-0.25, -0.2) is 9.59 Å². The number of carboxylic acid groups (broad SMARTS) is 2. The van der Waals surface area contributed by atoms with E-state index >= 15 is 0 Å². The quantitative estimate of drug-likeness (QED) is 0.644. The number of carbonyl (C=O) groups is 3. The van der Waals surface area contributed by atoms with Gasteiger partial charge in [0.15, 0.2) is 5.76 Å². The fourth-order valence-electron chi connectivity index (χ4n) is 4.03. The summed E-state index contributed by atoms with van der Waals surface area (Å²) in [4.78, 5) is 35.9. The minimum Gasteiger partial charge on any atom is -0.478 e. The number of aliphatic carboxylic acids is 2. The van der Waals surface area contributed by atoms with Crippen LogP contribution in [0.5, 0.6) is 0 Å². The summed E-state index contributed by atoms with van der Waals surface area (Å²) in [5.41, 5.74) is -0.438. The first-order valence-corrected chi connectivity index (χ1v) is 10.4. The zero-order valence-electron chi connectivity index (χ0n) is 18.2. The SMILES string of the molecule is CN1C2CCC1CN(C(=O)c1ccc(-c3cccc(C(F)(F)F)c3)o1)C2.O=C(O)/C=C/C(=O)O. The number of alkyl halides is 3. The molecule has 34 heavy (non-hydrogen) atoms. The number of benzene rings is 1. The van der Waals surface area contributed by atoms with Gasteiger partial charge in [-0.2, -0.15) is 13.2 Å². The van der Waals surface area contributed by atoms with E-state index < -0.39 is 23.7 Å². The molecule has 2 aliphatic heterocycles. The molecular weight excluding hydrogens is 457 g/mol. The lowest BCUT2D eigenvalue weighted by Gasteiger charge is -2.38. The molecule has 2 saturated heterocycles. The van der Waals surface area contributed by atoms with E-state index in [0.717, 1.165) is 25.0 Å². The second-order valence-corrected chi connectivity index (χ2v) is 8.01. The number of nitrogens with zero attached hydrogens (tertiary/aromatic N) is 2. The van der Waals surface area contributed by atoms with E-state index in [-0.39, 0.29) is 17.4 Å². The molecule has 1 aromatic carbocycles. The third-order valence-corrected chi connectivity index (χ3v) is 5.79. The van der Waals surface area contributed by atoms with Gasteiger partial charge in [0.1, 0.15) is 5.76 Å². The maximum absolute atomic E-state index is 12.9. The van der Waals surface area contributed by atoms with Crippen molar-refractivity contribution in [3.63, 3.8) is 0 Å². The molecule has 4 rings (SSSR count). The van der Waals surface area contributed by atoms with E-state index in [1.54, 1.807) is 17.0 Å². The van der Waals surface area contributed by atoms with Crippen molar-refractivity contribution < 1.29 is 42.2 Å². The third kappa shape index (κ3) is 6.04. The van der Waals surface area contributed by atoms with Crippen molar-refractivity contribution in [2.75, 3.05) is 20.1 Å². The third-order valence-electron chi connectivity index (χ3n) is 5.79. The average molecular weight is 480 g/mol. The van der Waals surface area contributed by atoms with Crippen LogP contribution in [0.1, 0.15) is 29.0 Å². The highest BCUT2D eigenvalue weighted by molar-refractivity contribution is 5.92. The van der Waals surface area contributed by atoms with Crippen LogP contribution < -0.4 is 0 Å². The van der Waals surface area contributed by atoms with E-state index in [1.165, 1.54) is 12.1 Å².